The number of hydrogen-bond acceptors (Lipinski definition) is 5. The number of fused-ring (bicyclic) bond motifs is 3. The Morgan fingerprint density at radius 3 is 2.52 bits per heavy atom. The molecule has 1 aliphatic heterocycles. The van der Waals surface area contributed by atoms with Gasteiger partial charge in [0.05, 0.1) is 16.8 Å². The summed E-state index contributed by atoms with van der Waals surface area (Å²) in [5.41, 5.74) is 0.286. The summed E-state index contributed by atoms with van der Waals surface area (Å²) < 4.78 is 12.5. The zero-order valence-corrected chi connectivity index (χ0v) is 16.4. The van der Waals surface area contributed by atoms with E-state index in [1.165, 1.54) is 6.92 Å². The van der Waals surface area contributed by atoms with Crippen LogP contribution in [0, 0.1) is 0 Å². The van der Waals surface area contributed by atoms with Gasteiger partial charge >= 0.3 is 11.9 Å². The van der Waals surface area contributed by atoms with Crippen LogP contribution in [-0.4, -0.2) is 34.6 Å². The lowest BCUT2D eigenvalue weighted by atomic mass is 9.78. The molecule has 0 saturated heterocycles. The second-order valence-corrected chi connectivity index (χ2v) is 8.31. The van der Waals surface area contributed by atoms with Crippen molar-refractivity contribution in [1.29, 1.82) is 0 Å². The number of hydrogen-bond donors (Lipinski definition) is 0. The first-order valence-electron chi connectivity index (χ1n) is 9.07. The molecule has 0 radical (unpaired) electrons. The molecule has 0 fully saturated rings. The highest BCUT2D eigenvalue weighted by Gasteiger charge is 2.43. The monoisotopic (exact) mass is 371 g/mol. The van der Waals surface area contributed by atoms with Crippen LogP contribution >= 0.6 is 0 Å². The second kappa shape index (κ2) is 6.51. The SMILES string of the molecule is CC(=O)OCC1(C)CCC(=O)n2c1c(C(=O)OC(C)(C)C)c1ccccc12. The molecule has 6 heteroatoms. The van der Waals surface area contributed by atoms with Crippen LogP contribution in [0.2, 0.25) is 0 Å². The Hall–Kier alpha value is -2.63. The number of carbonyl (C=O) groups excluding carboxylic acids is 3. The van der Waals surface area contributed by atoms with Crippen molar-refractivity contribution in [3.8, 4) is 0 Å². The number of carbonyl (C=O) groups is 3. The Bertz CT molecular complexity index is 934. The largest absolute Gasteiger partial charge is 0.465 e. The van der Waals surface area contributed by atoms with Gasteiger partial charge in [0.1, 0.15) is 12.2 Å². The molecule has 3 rings (SSSR count). The van der Waals surface area contributed by atoms with E-state index in [-0.39, 0.29) is 12.5 Å². The third-order valence-electron chi connectivity index (χ3n) is 4.78. The highest BCUT2D eigenvalue weighted by Crippen LogP contribution is 2.42. The third kappa shape index (κ3) is 3.48. The number of rotatable bonds is 3. The number of aromatic nitrogens is 1. The predicted octanol–water partition coefficient (Wildman–Crippen LogP) is 3.85. The first kappa shape index (κ1) is 19.1. The Labute approximate surface area is 158 Å². The van der Waals surface area contributed by atoms with Crippen molar-refractivity contribution >= 4 is 28.7 Å². The average Bonchev–Trinajstić information content (AvgIpc) is 2.92. The molecule has 2 heterocycles. The maximum Gasteiger partial charge on any atom is 0.341 e. The Morgan fingerprint density at radius 2 is 1.89 bits per heavy atom. The summed E-state index contributed by atoms with van der Waals surface area (Å²) in [6.07, 6.45) is 0.808. The van der Waals surface area contributed by atoms with E-state index < -0.39 is 23.0 Å². The highest BCUT2D eigenvalue weighted by molar-refractivity contribution is 6.10. The lowest BCUT2D eigenvalue weighted by Crippen LogP contribution is -2.40. The molecule has 1 aliphatic rings. The molecule has 1 aromatic carbocycles. The Morgan fingerprint density at radius 1 is 1.22 bits per heavy atom. The van der Waals surface area contributed by atoms with Crippen LogP contribution in [0.3, 0.4) is 0 Å². The molecule has 27 heavy (non-hydrogen) atoms. The fourth-order valence-corrected chi connectivity index (χ4v) is 3.62. The van der Waals surface area contributed by atoms with Gasteiger partial charge in [-0.05, 0) is 33.3 Å². The van der Waals surface area contributed by atoms with Gasteiger partial charge in [0.2, 0.25) is 5.91 Å². The van der Waals surface area contributed by atoms with Crippen LogP contribution in [0.1, 0.15) is 68.3 Å². The number of para-hydroxylation sites is 1. The van der Waals surface area contributed by atoms with Crippen molar-refractivity contribution < 1.29 is 23.9 Å². The average molecular weight is 371 g/mol. The summed E-state index contributed by atoms with van der Waals surface area (Å²) in [4.78, 5) is 37.2. The summed E-state index contributed by atoms with van der Waals surface area (Å²) in [7, 11) is 0. The molecule has 0 saturated carbocycles. The molecule has 0 spiro atoms. The van der Waals surface area contributed by atoms with E-state index in [0.717, 1.165) is 0 Å². The maximum atomic E-state index is 13.1. The molecule has 1 aromatic heterocycles. The van der Waals surface area contributed by atoms with Crippen LogP contribution < -0.4 is 0 Å². The van der Waals surface area contributed by atoms with Crippen LogP contribution in [0.15, 0.2) is 24.3 Å². The van der Waals surface area contributed by atoms with Crippen molar-refractivity contribution in [2.45, 2.75) is 58.5 Å². The molecule has 0 bridgehead atoms. The van der Waals surface area contributed by atoms with Crippen molar-refractivity contribution in [3.05, 3.63) is 35.5 Å². The minimum absolute atomic E-state index is 0.0729. The van der Waals surface area contributed by atoms with E-state index in [0.29, 0.717) is 35.0 Å². The lowest BCUT2D eigenvalue weighted by molar-refractivity contribution is -0.142. The van der Waals surface area contributed by atoms with E-state index in [1.54, 1.807) is 25.3 Å². The van der Waals surface area contributed by atoms with Gasteiger partial charge in [-0.15, -0.1) is 0 Å². The molecule has 0 N–H and O–H groups in total. The third-order valence-corrected chi connectivity index (χ3v) is 4.78. The fourth-order valence-electron chi connectivity index (χ4n) is 3.62. The lowest BCUT2D eigenvalue weighted by Gasteiger charge is -2.35. The van der Waals surface area contributed by atoms with E-state index in [1.807, 2.05) is 31.2 Å². The van der Waals surface area contributed by atoms with Crippen LogP contribution in [-0.2, 0) is 19.7 Å². The summed E-state index contributed by atoms with van der Waals surface area (Å²) >= 11 is 0. The molecule has 6 nitrogen and oxygen atoms in total. The van der Waals surface area contributed by atoms with Crippen molar-refractivity contribution in [2.75, 3.05) is 6.61 Å². The first-order chi connectivity index (χ1) is 12.5. The van der Waals surface area contributed by atoms with Crippen LogP contribution in [0.4, 0.5) is 0 Å². The predicted molar refractivity (Wildman–Crippen MR) is 101 cm³/mol. The smallest absolute Gasteiger partial charge is 0.341 e. The first-order valence-corrected chi connectivity index (χ1v) is 9.07. The van der Waals surface area contributed by atoms with Gasteiger partial charge in [0, 0.05) is 24.1 Å². The zero-order chi connectivity index (χ0) is 20.0. The summed E-state index contributed by atoms with van der Waals surface area (Å²) in [6.45, 7) is 8.78. The molecular formula is C21H25NO5. The molecule has 0 amide bonds. The highest BCUT2D eigenvalue weighted by atomic mass is 16.6. The molecule has 1 atom stereocenters. The molecule has 1 unspecified atom stereocenters. The molecular weight excluding hydrogens is 346 g/mol. The minimum Gasteiger partial charge on any atom is -0.465 e. The molecule has 144 valence electrons. The zero-order valence-electron chi connectivity index (χ0n) is 16.4. The van der Waals surface area contributed by atoms with Gasteiger partial charge in [-0.3, -0.25) is 14.2 Å². The van der Waals surface area contributed by atoms with Gasteiger partial charge in [0.25, 0.3) is 0 Å². The van der Waals surface area contributed by atoms with Gasteiger partial charge < -0.3 is 9.47 Å². The van der Waals surface area contributed by atoms with Crippen molar-refractivity contribution in [1.82, 2.24) is 4.57 Å². The number of benzene rings is 1. The standard InChI is InChI=1S/C21H25NO5/c1-13(23)26-12-21(5)11-10-16(24)22-15-9-7-6-8-14(15)17(18(21)22)19(25)27-20(2,3)4/h6-9H,10-12H2,1-5H3. The summed E-state index contributed by atoms with van der Waals surface area (Å²) in [5, 5.41) is 0.672. The number of ether oxygens (including phenoxy) is 2. The quantitative estimate of drug-likeness (QED) is 0.766. The van der Waals surface area contributed by atoms with Crippen LogP contribution in [0.5, 0.6) is 0 Å². The number of nitrogens with zero attached hydrogens (tertiary/aromatic N) is 1. The molecule has 0 aliphatic carbocycles. The van der Waals surface area contributed by atoms with Crippen LogP contribution in [0.25, 0.3) is 10.9 Å². The summed E-state index contributed by atoms with van der Waals surface area (Å²) in [5.74, 6) is -0.942. The Kier molecular flexibility index (Phi) is 4.62. The van der Waals surface area contributed by atoms with E-state index in [9.17, 15) is 14.4 Å². The van der Waals surface area contributed by atoms with Gasteiger partial charge in [-0.2, -0.15) is 0 Å². The van der Waals surface area contributed by atoms with Gasteiger partial charge in [-0.25, -0.2) is 4.79 Å². The van der Waals surface area contributed by atoms with Gasteiger partial charge in [0.15, 0.2) is 0 Å². The van der Waals surface area contributed by atoms with E-state index in [4.69, 9.17) is 9.47 Å². The minimum atomic E-state index is -0.669. The topological polar surface area (TPSA) is 74.6 Å². The number of esters is 2. The van der Waals surface area contributed by atoms with Crippen molar-refractivity contribution in [3.63, 3.8) is 0 Å². The Balaban J connectivity index is 2.27. The van der Waals surface area contributed by atoms with Gasteiger partial charge in [-0.1, -0.05) is 25.1 Å². The maximum absolute atomic E-state index is 13.1. The van der Waals surface area contributed by atoms with Crippen molar-refractivity contribution in [2.24, 2.45) is 0 Å². The van der Waals surface area contributed by atoms with E-state index in [2.05, 4.69) is 0 Å². The second-order valence-electron chi connectivity index (χ2n) is 8.31. The summed E-state index contributed by atoms with van der Waals surface area (Å²) in [6, 6.07) is 7.30. The fraction of sp³-hybridized carbons (Fsp3) is 0.476. The van der Waals surface area contributed by atoms with E-state index >= 15 is 0 Å². The molecule has 2 aromatic rings. The normalized spacial score (nSPS) is 19.7.